The molecule has 0 radical (unpaired) electrons. The van der Waals surface area contributed by atoms with E-state index in [0.717, 1.165) is 0 Å². The number of likely N-dealkylation sites (N-methyl/N-ethyl adjacent to an activating group) is 1. The summed E-state index contributed by atoms with van der Waals surface area (Å²) in [5.74, 6) is -0.160. The number of benzene rings is 1. The maximum atomic E-state index is 14.4. The molecule has 5 rings (SSSR count). The fraction of sp³-hybridized carbons (Fsp3) is 0.542. The van der Waals surface area contributed by atoms with Crippen molar-refractivity contribution in [1.29, 1.82) is 0 Å². The number of ether oxygens (including phenoxy) is 2. The van der Waals surface area contributed by atoms with E-state index in [1.807, 2.05) is 28.8 Å². The minimum atomic E-state index is -2.93. The van der Waals surface area contributed by atoms with Crippen molar-refractivity contribution < 1.29 is 23.0 Å². The van der Waals surface area contributed by atoms with Gasteiger partial charge >= 0.3 is 0 Å². The predicted molar refractivity (Wildman–Crippen MR) is 136 cm³/mol. The minimum absolute atomic E-state index is 0.0194. The molecule has 204 valence electrons. The van der Waals surface area contributed by atoms with Gasteiger partial charge in [-0.25, -0.2) is 13.8 Å². The van der Waals surface area contributed by atoms with E-state index in [-0.39, 0.29) is 22.9 Å². The molecule has 0 aliphatic carbocycles. The summed E-state index contributed by atoms with van der Waals surface area (Å²) in [6, 6.07) is 4.85. The van der Waals surface area contributed by atoms with Crippen LogP contribution in [0.1, 0.15) is 22.6 Å². The van der Waals surface area contributed by atoms with Crippen LogP contribution in [-0.2, 0) is 9.47 Å². The second-order valence-electron chi connectivity index (χ2n) is 9.27. The second kappa shape index (κ2) is 11.5. The summed E-state index contributed by atoms with van der Waals surface area (Å²) in [7, 11) is 3.79. The SMILES string of the molecule is CN(C)CCNC(=O)c1cccc2c1nc(C(F)F)n2-c1nc(N2CCOCC2)nc(N2CCOCC2)n1. The molecule has 2 aromatic heterocycles. The Labute approximate surface area is 218 Å². The van der Waals surface area contributed by atoms with Crippen molar-refractivity contribution in [2.24, 2.45) is 0 Å². The van der Waals surface area contributed by atoms with Crippen molar-refractivity contribution in [2.45, 2.75) is 6.43 Å². The number of nitrogens with one attached hydrogen (secondary N) is 1. The maximum Gasteiger partial charge on any atom is 0.296 e. The molecular weight excluding hydrogens is 500 g/mol. The van der Waals surface area contributed by atoms with Crippen LogP contribution in [0.25, 0.3) is 17.0 Å². The van der Waals surface area contributed by atoms with Gasteiger partial charge in [-0.3, -0.25) is 9.36 Å². The summed E-state index contributed by atoms with van der Waals surface area (Å²) in [5, 5.41) is 2.83. The van der Waals surface area contributed by atoms with E-state index >= 15 is 0 Å². The highest BCUT2D eigenvalue weighted by Crippen LogP contribution is 2.30. The topological polar surface area (TPSA) is 114 Å². The third-order valence-electron chi connectivity index (χ3n) is 6.38. The first-order valence-corrected chi connectivity index (χ1v) is 12.6. The van der Waals surface area contributed by atoms with Crippen LogP contribution in [0.2, 0.25) is 0 Å². The van der Waals surface area contributed by atoms with Crippen molar-refractivity contribution in [3.63, 3.8) is 0 Å². The van der Waals surface area contributed by atoms with Crippen LogP contribution in [0.5, 0.6) is 0 Å². The molecule has 0 unspecified atom stereocenters. The second-order valence-corrected chi connectivity index (χ2v) is 9.27. The van der Waals surface area contributed by atoms with Gasteiger partial charge in [0.2, 0.25) is 17.8 Å². The van der Waals surface area contributed by atoms with E-state index in [1.165, 1.54) is 4.57 Å². The number of rotatable bonds is 8. The summed E-state index contributed by atoms with van der Waals surface area (Å²) >= 11 is 0. The van der Waals surface area contributed by atoms with E-state index < -0.39 is 12.2 Å². The van der Waals surface area contributed by atoms with Gasteiger partial charge in [-0.15, -0.1) is 0 Å². The Balaban J connectivity index is 1.61. The highest BCUT2D eigenvalue weighted by molar-refractivity contribution is 6.05. The number of imidazole rings is 1. The zero-order valence-corrected chi connectivity index (χ0v) is 21.4. The van der Waals surface area contributed by atoms with Gasteiger partial charge in [-0.1, -0.05) is 6.07 Å². The number of hydrogen-bond acceptors (Lipinski definition) is 10. The molecule has 1 amide bonds. The fourth-order valence-corrected chi connectivity index (χ4v) is 4.40. The van der Waals surface area contributed by atoms with Gasteiger partial charge in [0.25, 0.3) is 12.3 Å². The number of nitrogens with zero attached hydrogens (tertiary/aromatic N) is 8. The lowest BCUT2D eigenvalue weighted by Gasteiger charge is -2.30. The summed E-state index contributed by atoms with van der Waals surface area (Å²) < 4.78 is 40.9. The number of hydrogen-bond donors (Lipinski definition) is 1. The van der Waals surface area contributed by atoms with E-state index in [9.17, 15) is 13.6 Å². The van der Waals surface area contributed by atoms with Gasteiger partial charge in [0, 0.05) is 39.3 Å². The summed E-state index contributed by atoms with van der Waals surface area (Å²) in [4.78, 5) is 36.9. The highest BCUT2D eigenvalue weighted by atomic mass is 19.3. The van der Waals surface area contributed by atoms with Gasteiger partial charge in [-0.05, 0) is 26.2 Å². The third-order valence-corrected chi connectivity index (χ3v) is 6.38. The van der Waals surface area contributed by atoms with E-state index in [1.54, 1.807) is 18.2 Å². The number of anilines is 2. The Bertz CT molecular complexity index is 1240. The zero-order chi connectivity index (χ0) is 26.6. The van der Waals surface area contributed by atoms with Crippen LogP contribution >= 0.6 is 0 Å². The highest BCUT2D eigenvalue weighted by Gasteiger charge is 2.27. The fourth-order valence-electron chi connectivity index (χ4n) is 4.40. The standard InChI is InChI=1S/C24H31F2N9O3/c1-32(2)7-6-27-21(36)16-4-3-5-17-18(16)28-20(19(25)26)35(17)24-30-22(33-8-12-37-13-9-33)29-23(31-24)34-10-14-38-15-11-34/h3-5,19H,6-15H2,1-2H3,(H,27,36). The summed E-state index contributed by atoms with van der Waals surface area (Å²) in [6.07, 6.45) is -2.93. The van der Waals surface area contributed by atoms with Crippen molar-refractivity contribution in [3.8, 4) is 5.95 Å². The number of fused-ring (bicyclic) bond motifs is 1. The first kappa shape index (κ1) is 26.1. The number of carbonyl (C=O) groups is 1. The van der Waals surface area contributed by atoms with Crippen molar-refractivity contribution in [1.82, 2.24) is 34.7 Å². The molecule has 2 aliphatic rings. The predicted octanol–water partition coefficient (Wildman–Crippen LogP) is 1.11. The maximum absolute atomic E-state index is 14.4. The molecule has 0 bridgehead atoms. The number of halogens is 2. The molecule has 4 heterocycles. The molecule has 12 nitrogen and oxygen atoms in total. The van der Waals surface area contributed by atoms with Crippen LogP contribution in [0.3, 0.4) is 0 Å². The number of aromatic nitrogens is 5. The Hall–Kier alpha value is -3.49. The molecule has 0 spiro atoms. The van der Waals surface area contributed by atoms with Gasteiger partial charge in [0.15, 0.2) is 5.82 Å². The average molecular weight is 532 g/mol. The van der Waals surface area contributed by atoms with Gasteiger partial charge in [0.1, 0.15) is 5.52 Å². The number of amides is 1. The molecule has 1 aromatic carbocycles. The van der Waals surface area contributed by atoms with Crippen LogP contribution in [0.4, 0.5) is 20.7 Å². The molecule has 0 saturated carbocycles. The Kier molecular flexibility index (Phi) is 7.90. The van der Waals surface area contributed by atoms with Crippen molar-refractivity contribution in [3.05, 3.63) is 29.6 Å². The normalized spacial score (nSPS) is 16.6. The molecule has 0 atom stereocenters. The van der Waals surface area contributed by atoms with Crippen LogP contribution in [-0.4, -0.2) is 115 Å². The molecule has 14 heteroatoms. The first-order valence-electron chi connectivity index (χ1n) is 12.6. The van der Waals surface area contributed by atoms with Crippen LogP contribution in [0, 0.1) is 0 Å². The van der Waals surface area contributed by atoms with Gasteiger partial charge in [-0.2, -0.15) is 15.0 Å². The lowest BCUT2D eigenvalue weighted by Crippen LogP contribution is -2.40. The van der Waals surface area contributed by atoms with Gasteiger partial charge in [0.05, 0.1) is 37.5 Å². The quantitative estimate of drug-likeness (QED) is 0.454. The Morgan fingerprint density at radius 3 is 2.08 bits per heavy atom. The monoisotopic (exact) mass is 531 g/mol. The molecule has 2 fully saturated rings. The lowest BCUT2D eigenvalue weighted by atomic mass is 10.1. The number of para-hydroxylation sites is 1. The van der Waals surface area contributed by atoms with Crippen molar-refractivity contribution in [2.75, 3.05) is 89.6 Å². The average Bonchev–Trinajstić information content (AvgIpc) is 3.34. The number of carbonyl (C=O) groups excluding carboxylic acids is 1. The lowest BCUT2D eigenvalue weighted by molar-refractivity contribution is 0.0952. The first-order chi connectivity index (χ1) is 18.4. The molecule has 2 aliphatic heterocycles. The summed E-state index contributed by atoms with van der Waals surface area (Å²) in [6.45, 7) is 5.35. The van der Waals surface area contributed by atoms with Crippen LogP contribution < -0.4 is 15.1 Å². The number of alkyl halides is 2. The van der Waals surface area contributed by atoms with E-state index in [0.29, 0.717) is 83.1 Å². The molecule has 1 N–H and O–H groups in total. The third kappa shape index (κ3) is 5.51. The van der Waals surface area contributed by atoms with E-state index in [2.05, 4.69) is 25.3 Å². The minimum Gasteiger partial charge on any atom is -0.378 e. The van der Waals surface area contributed by atoms with Crippen molar-refractivity contribution >= 4 is 28.8 Å². The van der Waals surface area contributed by atoms with Gasteiger partial charge < -0.3 is 29.5 Å². The molecular formula is C24H31F2N9O3. The summed E-state index contributed by atoms with van der Waals surface area (Å²) in [5.41, 5.74) is 0.678. The zero-order valence-electron chi connectivity index (χ0n) is 21.4. The molecule has 3 aromatic rings. The molecule has 2 saturated heterocycles. The number of morpholine rings is 2. The van der Waals surface area contributed by atoms with E-state index in [4.69, 9.17) is 9.47 Å². The Morgan fingerprint density at radius 1 is 0.947 bits per heavy atom. The largest absolute Gasteiger partial charge is 0.378 e. The van der Waals surface area contributed by atoms with Crippen LogP contribution in [0.15, 0.2) is 18.2 Å². The Morgan fingerprint density at radius 2 is 1.53 bits per heavy atom. The molecule has 38 heavy (non-hydrogen) atoms. The smallest absolute Gasteiger partial charge is 0.296 e.